The Morgan fingerprint density at radius 3 is 3.00 bits per heavy atom. The van der Waals surface area contributed by atoms with Crippen LogP contribution in [0.3, 0.4) is 0 Å². The first-order valence-electron chi connectivity index (χ1n) is 7.23. The molecule has 1 aliphatic rings. The Labute approximate surface area is 130 Å². The minimum atomic E-state index is 0.0682. The van der Waals surface area contributed by atoms with E-state index in [1.165, 1.54) is 4.88 Å². The molecule has 0 radical (unpaired) electrons. The Bertz CT molecular complexity index is 571. The number of aromatic nitrogens is 1. The molecule has 0 N–H and O–H groups in total. The molecule has 112 valence electrons. The standard InChI is InChI=1S/C16H21N3OS/c1-18(2)16-7-3-6-14(17-16)15-12-19(8-9-20-15)11-13-5-4-10-21-13/h3-7,10,15H,8-9,11-12H2,1-2H3/t15-/m1/s1. The van der Waals surface area contributed by atoms with E-state index in [9.17, 15) is 0 Å². The van der Waals surface area contributed by atoms with Gasteiger partial charge in [-0.1, -0.05) is 12.1 Å². The minimum absolute atomic E-state index is 0.0682. The lowest BCUT2D eigenvalue weighted by Crippen LogP contribution is -2.38. The summed E-state index contributed by atoms with van der Waals surface area (Å²) in [4.78, 5) is 10.6. The molecule has 1 saturated heterocycles. The average molecular weight is 303 g/mol. The Kier molecular flexibility index (Phi) is 4.53. The average Bonchev–Trinajstić information content (AvgIpc) is 3.00. The lowest BCUT2D eigenvalue weighted by atomic mass is 10.2. The summed E-state index contributed by atoms with van der Waals surface area (Å²) < 4.78 is 5.93. The molecule has 0 bridgehead atoms. The number of anilines is 1. The molecule has 1 aliphatic heterocycles. The number of morpholine rings is 1. The third-order valence-corrected chi connectivity index (χ3v) is 4.52. The van der Waals surface area contributed by atoms with E-state index in [0.717, 1.165) is 37.8 Å². The summed E-state index contributed by atoms with van der Waals surface area (Å²) in [5.41, 5.74) is 1.03. The highest BCUT2D eigenvalue weighted by molar-refractivity contribution is 7.09. The second-order valence-electron chi connectivity index (χ2n) is 5.49. The van der Waals surface area contributed by atoms with Crippen molar-refractivity contribution in [3.63, 3.8) is 0 Å². The van der Waals surface area contributed by atoms with Crippen LogP contribution in [0.1, 0.15) is 16.7 Å². The third kappa shape index (κ3) is 3.61. The Hall–Kier alpha value is -1.43. The molecule has 3 heterocycles. The van der Waals surface area contributed by atoms with Gasteiger partial charge in [-0.3, -0.25) is 4.90 Å². The van der Waals surface area contributed by atoms with E-state index >= 15 is 0 Å². The predicted molar refractivity (Wildman–Crippen MR) is 86.9 cm³/mol. The predicted octanol–water partition coefficient (Wildman–Crippen LogP) is 2.78. The molecule has 0 aliphatic carbocycles. The first kappa shape index (κ1) is 14.5. The van der Waals surface area contributed by atoms with Gasteiger partial charge in [0, 0.05) is 38.6 Å². The van der Waals surface area contributed by atoms with Gasteiger partial charge in [-0.05, 0) is 23.6 Å². The number of pyridine rings is 1. The zero-order chi connectivity index (χ0) is 14.7. The molecule has 1 atom stereocenters. The van der Waals surface area contributed by atoms with Crippen LogP contribution in [0, 0.1) is 0 Å². The molecule has 4 nitrogen and oxygen atoms in total. The van der Waals surface area contributed by atoms with Gasteiger partial charge in [0.1, 0.15) is 11.9 Å². The number of ether oxygens (including phenoxy) is 1. The van der Waals surface area contributed by atoms with E-state index in [4.69, 9.17) is 9.72 Å². The maximum Gasteiger partial charge on any atom is 0.128 e. The molecule has 1 fully saturated rings. The molecule has 0 unspecified atom stereocenters. The molecule has 5 heteroatoms. The molecular weight excluding hydrogens is 282 g/mol. The maximum absolute atomic E-state index is 5.93. The Morgan fingerprint density at radius 1 is 1.33 bits per heavy atom. The van der Waals surface area contributed by atoms with Crippen LogP contribution in [0.15, 0.2) is 35.7 Å². The van der Waals surface area contributed by atoms with Gasteiger partial charge < -0.3 is 9.64 Å². The van der Waals surface area contributed by atoms with E-state index in [1.807, 2.05) is 36.4 Å². The van der Waals surface area contributed by atoms with Crippen LogP contribution in [0.4, 0.5) is 5.82 Å². The highest BCUT2D eigenvalue weighted by Gasteiger charge is 2.23. The molecule has 2 aromatic heterocycles. The van der Waals surface area contributed by atoms with Crippen molar-refractivity contribution in [2.75, 3.05) is 38.7 Å². The van der Waals surface area contributed by atoms with Gasteiger partial charge in [0.05, 0.1) is 12.3 Å². The quantitative estimate of drug-likeness (QED) is 0.868. The normalized spacial score (nSPS) is 19.6. The van der Waals surface area contributed by atoms with Crippen molar-refractivity contribution < 1.29 is 4.74 Å². The number of hydrogen-bond acceptors (Lipinski definition) is 5. The lowest BCUT2D eigenvalue weighted by Gasteiger charge is -2.32. The number of thiophene rings is 1. The van der Waals surface area contributed by atoms with Gasteiger partial charge >= 0.3 is 0 Å². The fourth-order valence-corrected chi connectivity index (χ4v) is 3.26. The summed E-state index contributed by atoms with van der Waals surface area (Å²) >= 11 is 1.82. The zero-order valence-corrected chi connectivity index (χ0v) is 13.3. The summed E-state index contributed by atoms with van der Waals surface area (Å²) in [5.74, 6) is 0.978. The zero-order valence-electron chi connectivity index (χ0n) is 12.5. The smallest absolute Gasteiger partial charge is 0.128 e. The van der Waals surface area contributed by atoms with E-state index in [1.54, 1.807) is 0 Å². The van der Waals surface area contributed by atoms with Gasteiger partial charge in [-0.25, -0.2) is 4.98 Å². The van der Waals surface area contributed by atoms with Crippen LogP contribution < -0.4 is 4.90 Å². The first-order valence-corrected chi connectivity index (χ1v) is 8.11. The van der Waals surface area contributed by atoms with Crippen molar-refractivity contribution in [3.8, 4) is 0 Å². The van der Waals surface area contributed by atoms with Crippen LogP contribution in [0.2, 0.25) is 0 Å². The molecule has 2 aromatic rings. The lowest BCUT2D eigenvalue weighted by molar-refractivity contribution is -0.0346. The number of rotatable bonds is 4. The van der Waals surface area contributed by atoms with Gasteiger partial charge in [-0.15, -0.1) is 11.3 Å². The SMILES string of the molecule is CN(C)c1cccc([C@H]2CN(Cc3cccs3)CCO2)n1. The van der Waals surface area contributed by atoms with Gasteiger partial charge in [0.15, 0.2) is 0 Å². The second kappa shape index (κ2) is 6.56. The molecule has 0 aromatic carbocycles. The van der Waals surface area contributed by atoms with Gasteiger partial charge in [-0.2, -0.15) is 0 Å². The van der Waals surface area contributed by atoms with Crippen molar-refractivity contribution in [1.29, 1.82) is 0 Å². The Balaban J connectivity index is 1.69. The summed E-state index contributed by atoms with van der Waals surface area (Å²) in [7, 11) is 4.02. The summed E-state index contributed by atoms with van der Waals surface area (Å²) in [6, 6.07) is 10.4. The molecule has 21 heavy (non-hydrogen) atoms. The number of nitrogens with zero attached hydrogens (tertiary/aromatic N) is 3. The van der Waals surface area contributed by atoms with Crippen molar-refractivity contribution >= 4 is 17.2 Å². The van der Waals surface area contributed by atoms with Crippen LogP contribution >= 0.6 is 11.3 Å². The molecule has 0 amide bonds. The van der Waals surface area contributed by atoms with Gasteiger partial charge in [0.2, 0.25) is 0 Å². The largest absolute Gasteiger partial charge is 0.369 e. The third-order valence-electron chi connectivity index (χ3n) is 3.65. The van der Waals surface area contributed by atoms with Crippen molar-refractivity contribution in [2.24, 2.45) is 0 Å². The number of hydrogen-bond donors (Lipinski definition) is 0. The van der Waals surface area contributed by atoms with E-state index in [2.05, 4.69) is 34.5 Å². The second-order valence-corrected chi connectivity index (χ2v) is 6.52. The fourth-order valence-electron chi connectivity index (χ4n) is 2.52. The summed E-state index contributed by atoms with van der Waals surface area (Å²) in [6.07, 6.45) is 0.0682. The monoisotopic (exact) mass is 303 g/mol. The van der Waals surface area contributed by atoms with Gasteiger partial charge in [0.25, 0.3) is 0 Å². The molecule has 0 spiro atoms. The summed E-state index contributed by atoms with van der Waals surface area (Å²) in [6.45, 7) is 3.67. The maximum atomic E-state index is 5.93. The van der Waals surface area contributed by atoms with Crippen LogP contribution in [-0.2, 0) is 11.3 Å². The fraction of sp³-hybridized carbons (Fsp3) is 0.438. The van der Waals surface area contributed by atoms with E-state index in [0.29, 0.717) is 0 Å². The van der Waals surface area contributed by atoms with E-state index in [-0.39, 0.29) is 6.10 Å². The first-order chi connectivity index (χ1) is 10.2. The molecule has 0 saturated carbocycles. The minimum Gasteiger partial charge on any atom is -0.369 e. The Morgan fingerprint density at radius 2 is 2.24 bits per heavy atom. The van der Waals surface area contributed by atoms with Crippen LogP contribution in [-0.4, -0.2) is 43.7 Å². The van der Waals surface area contributed by atoms with Crippen LogP contribution in [0.25, 0.3) is 0 Å². The topological polar surface area (TPSA) is 28.6 Å². The van der Waals surface area contributed by atoms with Crippen LogP contribution in [0.5, 0.6) is 0 Å². The molecule has 3 rings (SSSR count). The molecular formula is C16H21N3OS. The van der Waals surface area contributed by atoms with Crippen molar-refractivity contribution in [2.45, 2.75) is 12.6 Å². The van der Waals surface area contributed by atoms with Crippen molar-refractivity contribution in [1.82, 2.24) is 9.88 Å². The van der Waals surface area contributed by atoms with E-state index < -0.39 is 0 Å². The van der Waals surface area contributed by atoms with Crippen molar-refractivity contribution in [3.05, 3.63) is 46.3 Å². The highest BCUT2D eigenvalue weighted by Crippen LogP contribution is 2.24. The highest BCUT2D eigenvalue weighted by atomic mass is 32.1. The summed E-state index contributed by atoms with van der Waals surface area (Å²) in [5, 5.41) is 2.13.